The number of hydrogen-bond donors (Lipinski definition) is 1. The van der Waals surface area contributed by atoms with Crippen molar-refractivity contribution in [3.05, 3.63) is 0 Å². The fourth-order valence-corrected chi connectivity index (χ4v) is 1.48. The molecule has 1 amide bonds. The zero-order valence-corrected chi connectivity index (χ0v) is 10.7. The molecule has 6 nitrogen and oxygen atoms in total. The van der Waals surface area contributed by atoms with Crippen molar-refractivity contribution in [2.75, 3.05) is 14.2 Å². The number of esters is 2. The summed E-state index contributed by atoms with van der Waals surface area (Å²) < 4.78 is 9.03. The van der Waals surface area contributed by atoms with Gasteiger partial charge in [0.2, 0.25) is 5.91 Å². The van der Waals surface area contributed by atoms with E-state index in [-0.39, 0.29) is 0 Å². The van der Waals surface area contributed by atoms with Crippen LogP contribution in [0.4, 0.5) is 0 Å². The monoisotopic (exact) mass is 245 g/mol. The van der Waals surface area contributed by atoms with Crippen LogP contribution in [-0.4, -0.2) is 37.6 Å². The van der Waals surface area contributed by atoms with Crippen LogP contribution in [-0.2, 0) is 23.9 Å². The first-order valence-electron chi connectivity index (χ1n) is 5.42. The molecule has 0 unspecified atom stereocenters. The average molecular weight is 245 g/mol. The second kappa shape index (κ2) is 6.88. The Morgan fingerprint density at radius 2 is 1.59 bits per heavy atom. The van der Waals surface area contributed by atoms with Crippen LogP contribution >= 0.6 is 0 Å². The molecular formula is C11H19NO5. The highest BCUT2D eigenvalue weighted by Crippen LogP contribution is 2.17. The molecule has 0 atom stereocenters. The topological polar surface area (TPSA) is 81.7 Å². The van der Waals surface area contributed by atoms with Crippen molar-refractivity contribution in [3.8, 4) is 0 Å². The molecular weight excluding hydrogens is 226 g/mol. The molecule has 0 aliphatic rings. The molecule has 0 heterocycles. The van der Waals surface area contributed by atoms with E-state index in [0.29, 0.717) is 12.8 Å². The molecule has 0 spiro atoms. The normalized spacial score (nSPS) is 10.6. The molecule has 0 fully saturated rings. The Morgan fingerprint density at radius 1 is 1.06 bits per heavy atom. The lowest BCUT2D eigenvalue weighted by molar-refractivity contribution is -0.153. The highest BCUT2D eigenvalue weighted by molar-refractivity contribution is 5.97. The van der Waals surface area contributed by atoms with Crippen LogP contribution in [0, 0.1) is 0 Å². The quantitative estimate of drug-likeness (QED) is 0.541. The minimum Gasteiger partial charge on any atom is -0.469 e. The zero-order chi connectivity index (χ0) is 13.5. The maximum Gasteiger partial charge on any atom is 0.331 e. The average Bonchev–Trinajstić information content (AvgIpc) is 2.34. The first-order valence-corrected chi connectivity index (χ1v) is 5.42. The lowest BCUT2D eigenvalue weighted by Crippen LogP contribution is -2.54. The largest absolute Gasteiger partial charge is 0.469 e. The summed E-state index contributed by atoms with van der Waals surface area (Å²) in [6, 6.07) is 0. The minimum absolute atomic E-state index is 0.392. The third-order valence-electron chi connectivity index (χ3n) is 2.69. The van der Waals surface area contributed by atoms with E-state index < -0.39 is 29.8 Å². The Kier molecular flexibility index (Phi) is 6.23. The van der Waals surface area contributed by atoms with Crippen LogP contribution in [0.1, 0.15) is 33.1 Å². The molecule has 0 aliphatic carbocycles. The van der Waals surface area contributed by atoms with Gasteiger partial charge in [0.05, 0.1) is 14.2 Å². The van der Waals surface area contributed by atoms with E-state index in [1.54, 1.807) is 13.8 Å². The maximum absolute atomic E-state index is 11.6. The number of hydrogen-bond acceptors (Lipinski definition) is 5. The van der Waals surface area contributed by atoms with Crippen LogP contribution in [0.15, 0.2) is 0 Å². The highest BCUT2D eigenvalue weighted by atomic mass is 16.5. The van der Waals surface area contributed by atoms with E-state index in [1.165, 1.54) is 14.2 Å². The number of carbonyl (C=O) groups is 3. The summed E-state index contributed by atoms with van der Waals surface area (Å²) in [5, 5.41) is 2.53. The summed E-state index contributed by atoms with van der Waals surface area (Å²) in [5.41, 5.74) is -1.07. The second-order valence-electron chi connectivity index (χ2n) is 3.58. The number of ether oxygens (including phenoxy) is 2. The molecule has 0 aromatic rings. The van der Waals surface area contributed by atoms with Crippen LogP contribution in [0.5, 0.6) is 0 Å². The fourth-order valence-electron chi connectivity index (χ4n) is 1.48. The van der Waals surface area contributed by atoms with Gasteiger partial charge in [-0.15, -0.1) is 0 Å². The molecule has 0 saturated heterocycles. The lowest BCUT2D eigenvalue weighted by Gasteiger charge is -2.29. The first-order chi connectivity index (χ1) is 7.95. The smallest absolute Gasteiger partial charge is 0.331 e. The fraction of sp³-hybridized carbons (Fsp3) is 0.727. The van der Waals surface area contributed by atoms with E-state index >= 15 is 0 Å². The van der Waals surface area contributed by atoms with Gasteiger partial charge in [0, 0.05) is 0 Å². The summed E-state index contributed by atoms with van der Waals surface area (Å²) in [4.78, 5) is 34.1. The van der Waals surface area contributed by atoms with Gasteiger partial charge in [-0.2, -0.15) is 0 Å². The molecule has 1 N–H and O–H groups in total. The SMILES string of the molecule is CCC(CC)(NC(=O)CC(=O)OC)C(=O)OC. The van der Waals surface area contributed by atoms with E-state index in [2.05, 4.69) is 14.8 Å². The first kappa shape index (κ1) is 15.4. The van der Waals surface area contributed by atoms with E-state index in [4.69, 9.17) is 0 Å². The van der Waals surface area contributed by atoms with Crippen molar-refractivity contribution < 1.29 is 23.9 Å². The van der Waals surface area contributed by atoms with Crippen molar-refractivity contribution in [3.63, 3.8) is 0 Å². The Balaban J connectivity index is 4.70. The predicted molar refractivity (Wildman–Crippen MR) is 60.1 cm³/mol. The summed E-state index contributed by atoms with van der Waals surface area (Å²) in [6.07, 6.45) is 0.376. The van der Waals surface area contributed by atoms with Gasteiger partial charge >= 0.3 is 11.9 Å². The van der Waals surface area contributed by atoms with Crippen molar-refractivity contribution in [1.29, 1.82) is 0 Å². The van der Waals surface area contributed by atoms with Gasteiger partial charge in [0.25, 0.3) is 0 Å². The van der Waals surface area contributed by atoms with Gasteiger partial charge in [-0.3, -0.25) is 9.59 Å². The van der Waals surface area contributed by atoms with Gasteiger partial charge < -0.3 is 14.8 Å². The van der Waals surface area contributed by atoms with E-state index in [0.717, 1.165) is 0 Å². The van der Waals surface area contributed by atoms with E-state index in [9.17, 15) is 14.4 Å². The molecule has 6 heteroatoms. The van der Waals surface area contributed by atoms with Gasteiger partial charge in [-0.25, -0.2) is 4.79 Å². The Bertz CT molecular complexity index is 296. The molecule has 17 heavy (non-hydrogen) atoms. The molecule has 0 rings (SSSR count). The van der Waals surface area contributed by atoms with Crippen LogP contribution < -0.4 is 5.32 Å². The summed E-state index contributed by atoms with van der Waals surface area (Å²) in [6.45, 7) is 3.53. The third-order valence-corrected chi connectivity index (χ3v) is 2.69. The lowest BCUT2D eigenvalue weighted by atomic mass is 9.92. The number of nitrogens with one attached hydrogen (secondary N) is 1. The predicted octanol–water partition coefficient (Wildman–Crippen LogP) is 0.397. The van der Waals surface area contributed by atoms with Crippen LogP contribution in [0.2, 0.25) is 0 Å². The van der Waals surface area contributed by atoms with Crippen molar-refractivity contribution in [2.45, 2.75) is 38.6 Å². The molecule has 0 saturated carbocycles. The van der Waals surface area contributed by atoms with Gasteiger partial charge in [-0.1, -0.05) is 13.8 Å². The van der Waals surface area contributed by atoms with Crippen molar-refractivity contribution >= 4 is 17.8 Å². The summed E-state index contributed by atoms with van der Waals surface area (Å²) >= 11 is 0. The van der Waals surface area contributed by atoms with Gasteiger partial charge in [-0.05, 0) is 12.8 Å². The van der Waals surface area contributed by atoms with Crippen LogP contribution in [0.25, 0.3) is 0 Å². The van der Waals surface area contributed by atoms with Crippen LogP contribution in [0.3, 0.4) is 0 Å². The summed E-state index contributed by atoms with van der Waals surface area (Å²) in [5.74, 6) is -1.71. The minimum atomic E-state index is -1.07. The van der Waals surface area contributed by atoms with E-state index in [1.807, 2.05) is 0 Å². The Labute approximate surface area is 101 Å². The summed E-state index contributed by atoms with van der Waals surface area (Å²) in [7, 11) is 2.46. The van der Waals surface area contributed by atoms with Gasteiger partial charge in [0.15, 0.2) is 0 Å². The molecule has 0 aromatic heterocycles. The molecule has 98 valence electrons. The Hall–Kier alpha value is -1.59. The molecule has 0 aliphatic heterocycles. The number of carbonyl (C=O) groups excluding carboxylic acids is 3. The maximum atomic E-state index is 11.6. The molecule has 0 aromatic carbocycles. The number of amides is 1. The standard InChI is InChI=1S/C11H19NO5/c1-5-11(6-2,10(15)17-4)12-8(13)7-9(14)16-3/h5-7H2,1-4H3,(H,12,13). The number of methoxy groups -OCH3 is 2. The third kappa shape index (κ3) is 4.05. The van der Waals surface area contributed by atoms with Crippen molar-refractivity contribution in [1.82, 2.24) is 5.32 Å². The number of rotatable bonds is 6. The molecule has 0 bridgehead atoms. The Morgan fingerprint density at radius 3 is 1.94 bits per heavy atom. The van der Waals surface area contributed by atoms with Crippen molar-refractivity contribution in [2.24, 2.45) is 0 Å². The zero-order valence-electron chi connectivity index (χ0n) is 10.7. The van der Waals surface area contributed by atoms with Gasteiger partial charge in [0.1, 0.15) is 12.0 Å². The molecule has 0 radical (unpaired) electrons. The second-order valence-corrected chi connectivity index (χ2v) is 3.58. The highest BCUT2D eigenvalue weighted by Gasteiger charge is 2.37.